The SMILES string of the molecule is CCOC(=O)c1c(-c2ccc(OCC)cc2)csc1NC(=O)CCc1ccc(OC)cc1. The molecule has 0 aliphatic rings. The molecule has 7 heteroatoms. The van der Waals surface area contributed by atoms with Gasteiger partial charge in [-0.2, -0.15) is 0 Å². The number of rotatable bonds is 10. The van der Waals surface area contributed by atoms with Gasteiger partial charge in [0.1, 0.15) is 22.1 Å². The van der Waals surface area contributed by atoms with Crippen molar-refractivity contribution in [1.82, 2.24) is 0 Å². The van der Waals surface area contributed by atoms with Crippen LogP contribution >= 0.6 is 11.3 Å². The molecule has 1 heterocycles. The Hall–Kier alpha value is -3.32. The van der Waals surface area contributed by atoms with Crippen molar-refractivity contribution in [2.75, 3.05) is 25.6 Å². The van der Waals surface area contributed by atoms with E-state index in [2.05, 4.69) is 5.32 Å². The fraction of sp³-hybridized carbons (Fsp3) is 0.280. The van der Waals surface area contributed by atoms with Crippen molar-refractivity contribution >= 4 is 28.2 Å². The van der Waals surface area contributed by atoms with Crippen LogP contribution in [0.15, 0.2) is 53.9 Å². The Morgan fingerprint density at radius 1 is 0.938 bits per heavy atom. The molecule has 3 aromatic rings. The molecule has 0 spiro atoms. The fourth-order valence-corrected chi connectivity index (χ4v) is 4.18. The van der Waals surface area contributed by atoms with Gasteiger partial charge in [-0.05, 0) is 55.7 Å². The summed E-state index contributed by atoms with van der Waals surface area (Å²) >= 11 is 1.31. The molecular formula is C25H27NO5S. The molecule has 168 valence electrons. The molecule has 0 aliphatic heterocycles. The molecule has 0 radical (unpaired) electrons. The topological polar surface area (TPSA) is 73.9 Å². The predicted octanol–water partition coefficient (Wildman–Crippen LogP) is 5.57. The Balaban J connectivity index is 1.76. The summed E-state index contributed by atoms with van der Waals surface area (Å²) in [5.74, 6) is 0.920. The van der Waals surface area contributed by atoms with Crippen molar-refractivity contribution < 1.29 is 23.8 Å². The first kappa shape index (κ1) is 23.3. The van der Waals surface area contributed by atoms with Crippen LogP contribution in [0.4, 0.5) is 5.00 Å². The van der Waals surface area contributed by atoms with Gasteiger partial charge in [0.15, 0.2) is 0 Å². The summed E-state index contributed by atoms with van der Waals surface area (Å²) in [6.07, 6.45) is 0.882. The van der Waals surface area contributed by atoms with E-state index in [1.165, 1.54) is 11.3 Å². The maximum Gasteiger partial charge on any atom is 0.341 e. The minimum Gasteiger partial charge on any atom is -0.497 e. The second kappa shape index (κ2) is 11.3. The van der Waals surface area contributed by atoms with Crippen LogP contribution < -0.4 is 14.8 Å². The third kappa shape index (κ3) is 5.88. The van der Waals surface area contributed by atoms with E-state index in [9.17, 15) is 9.59 Å². The van der Waals surface area contributed by atoms with E-state index < -0.39 is 5.97 Å². The summed E-state index contributed by atoms with van der Waals surface area (Å²) in [5.41, 5.74) is 2.99. The Morgan fingerprint density at radius 2 is 1.62 bits per heavy atom. The molecule has 1 aromatic heterocycles. The number of hydrogen-bond acceptors (Lipinski definition) is 6. The first-order valence-corrected chi connectivity index (χ1v) is 11.4. The molecule has 0 saturated carbocycles. The lowest BCUT2D eigenvalue weighted by molar-refractivity contribution is -0.116. The van der Waals surface area contributed by atoms with Crippen LogP contribution in [-0.2, 0) is 16.0 Å². The van der Waals surface area contributed by atoms with E-state index in [1.54, 1.807) is 14.0 Å². The highest BCUT2D eigenvalue weighted by molar-refractivity contribution is 7.15. The number of nitrogens with one attached hydrogen (secondary N) is 1. The number of benzene rings is 2. The van der Waals surface area contributed by atoms with Gasteiger partial charge in [0.2, 0.25) is 5.91 Å². The average Bonchev–Trinajstić information content (AvgIpc) is 3.22. The maximum atomic E-state index is 12.7. The molecule has 2 aromatic carbocycles. The van der Waals surface area contributed by atoms with E-state index in [0.717, 1.165) is 28.2 Å². The minimum atomic E-state index is -0.455. The van der Waals surface area contributed by atoms with Crippen LogP contribution in [0.25, 0.3) is 11.1 Å². The van der Waals surface area contributed by atoms with Gasteiger partial charge in [0, 0.05) is 17.4 Å². The van der Waals surface area contributed by atoms with E-state index in [-0.39, 0.29) is 12.5 Å². The van der Waals surface area contributed by atoms with E-state index in [1.807, 2.05) is 60.8 Å². The molecular weight excluding hydrogens is 426 g/mol. The molecule has 0 atom stereocenters. The number of carbonyl (C=O) groups is 2. The van der Waals surface area contributed by atoms with E-state index in [0.29, 0.717) is 30.0 Å². The average molecular weight is 454 g/mol. The molecule has 0 unspecified atom stereocenters. The smallest absolute Gasteiger partial charge is 0.341 e. The Labute approximate surface area is 192 Å². The first-order chi connectivity index (χ1) is 15.5. The lowest BCUT2D eigenvalue weighted by Crippen LogP contribution is -2.15. The highest BCUT2D eigenvalue weighted by atomic mass is 32.1. The number of amides is 1. The number of aryl methyl sites for hydroxylation is 1. The van der Waals surface area contributed by atoms with Crippen LogP contribution in [0.2, 0.25) is 0 Å². The predicted molar refractivity (Wildman–Crippen MR) is 127 cm³/mol. The van der Waals surface area contributed by atoms with Crippen LogP contribution in [0, 0.1) is 0 Å². The molecule has 1 N–H and O–H groups in total. The number of carbonyl (C=O) groups excluding carboxylic acids is 2. The quantitative estimate of drug-likeness (QED) is 0.406. The van der Waals surface area contributed by atoms with Crippen molar-refractivity contribution in [1.29, 1.82) is 0 Å². The van der Waals surface area contributed by atoms with Gasteiger partial charge in [0.25, 0.3) is 0 Å². The van der Waals surface area contributed by atoms with Crippen LogP contribution in [0.1, 0.15) is 36.2 Å². The molecule has 0 saturated heterocycles. The Morgan fingerprint density at radius 3 is 2.25 bits per heavy atom. The van der Waals surface area contributed by atoms with Gasteiger partial charge in [-0.25, -0.2) is 4.79 Å². The molecule has 32 heavy (non-hydrogen) atoms. The zero-order valence-electron chi connectivity index (χ0n) is 18.5. The van der Waals surface area contributed by atoms with Crippen LogP contribution in [0.3, 0.4) is 0 Å². The number of anilines is 1. The molecule has 1 amide bonds. The third-order valence-electron chi connectivity index (χ3n) is 4.80. The Bertz CT molecular complexity index is 1040. The monoisotopic (exact) mass is 453 g/mol. The molecule has 3 rings (SSSR count). The van der Waals surface area contributed by atoms with E-state index in [4.69, 9.17) is 14.2 Å². The van der Waals surface area contributed by atoms with Crippen LogP contribution in [-0.4, -0.2) is 32.2 Å². The molecule has 0 aliphatic carbocycles. The van der Waals surface area contributed by atoms with Gasteiger partial charge in [-0.1, -0.05) is 24.3 Å². The fourth-order valence-electron chi connectivity index (χ4n) is 3.20. The number of esters is 1. The number of thiophene rings is 1. The number of methoxy groups -OCH3 is 1. The molecule has 0 fully saturated rings. The second-order valence-electron chi connectivity index (χ2n) is 6.93. The highest BCUT2D eigenvalue weighted by Gasteiger charge is 2.22. The van der Waals surface area contributed by atoms with Crippen LogP contribution in [0.5, 0.6) is 11.5 Å². The third-order valence-corrected chi connectivity index (χ3v) is 5.70. The summed E-state index contributed by atoms with van der Waals surface area (Å²) < 4.78 is 15.9. The largest absolute Gasteiger partial charge is 0.497 e. The summed E-state index contributed by atoms with van der Waals surface area (Å²) in [6, 6.07) is 15.1. The maximum absolute atomic E-state index is 12.7. The summed E-state index contributed by atoms with van der Waals surface area (Å²) in [6.45, 7) is 4.52. The molecule has 0 bridgehead atoms. The number of hydrogen-bond donors (Lipinski definition) is 1. The number of ether oxygens (including phenoxy) is 3. The lowest BCUT2D eigenvalue weighted by Gasteiger charge is -2.10. The molecule has 6 nitrogen and oxygen atoms in total. The lowest BCUT2D eigenvalue weighted by atomic mass is 10.0. The van der Waals surface area contributed by atoms with Crippen molar-refractivity contribution in [2.24, 2.45) is 0 Å². The van der Waals surface area contributed by atoms with E-state index >= 15 is 0 Å². The summed E-state index contributed by atoms with van der Waals surface area (Å²) in [5, 5.41) is 5.25. The van der Waals surface area contributed by atoms with Gasteiger partial charge in [-0.15, -0.1) is 11.3 Å². The zero-order valence-corrected chi connectivity index (χ0v) is 19.3. The van der Waals surface area contributed by atoms with Gasteiger partial charge >= 0.3 is 5.97 Å². The van der Waals surface area contributed by atoms with Crippen molar-refractivity contribution in [3.05, 3.63) is 65.0 Å². The summed E-state index contributed by atoms with van der Waals surface area (Å²) in [4.78, 5) is 25.3. The zero-order chi connectivity index (χ0) is 22.9. The normalized spacial score (nSPS) is 10.5. The summed E-state index contributed by atoms with van der Waals surface area (Å²) in [7, 11) is 1.62. The highest BCUT2D eigenvalue weighted by Crippen LogP contribution is 2.37. The van der Waals surface area contributed by atoms with Gasteiger partial charge in [-0.3, -0.25) is 4.79 Å². The minimum absolute atomic E-state index is 0.161. The Kier molecular flexibility index (Phi) is 8.27. The second-order valence-corrected chi connectivity index (χ2v) is 7.81. The first-order valence-electron chi connectivity index (χ1n) is 10.5. The van der Waals surface area contributed by atoms with Gasteiger partial charge in [0.05, 0.1) is 20.3 Å². The standard InChI is InChI=1S/C25H27NO5S/c1-4-30-20-13-9-18(10-14-20)21-16-32-24(23(21)25(28)31-5-2)26-22(27)15-8-17-6-11-19(29-3)12-7-17/h6-7,9-14,16H,4-5,8,15H2,1-3H3,(H,26,27). The van der Waals surface area contributed by atoms with Crippen molar-refractivity contribution in [3.63, 3.8) is 0 Å². The van der Waals surface area contributed by atoms with Crippen molar-refractivity contribution in [3.8, 4) is 22.6 Å². The van der Waals surface area contributed by atoms with Crippen molar-refractivity contribution in [2.45, 2.75) is 26.7 Å². The van der Waals surface area contributed by atoms with Gasteiger partial charge < -0.3 is 19.5 Å².